The van der Waals surface area contributed by atoms with Crippen molar-refractivity contribution in [2.24, 2.45) is 5.73 Å². The van der Waals surface area contributed by atoms with E-state index < -0.39 is 11.9 Å². The Labute approximate surface area is 107 Å². The summed E-state index contributed by atoms with van der Waals surface area (Å²) in [6, 6.07) is 8.47. The van der Waals surface area contributed by atoms with Gasteiger partial charge in [-0.15, -0.1) is 0 Å². The van der Waals surface area contributed by atoms with E-state index in [2.05, 4.69) is 0 Å². The normalized spacial score (nSPS) is 11.9. The molecule has 2 N–H and O–H groups in total. The summed E-state index contributed by atoms with van der Waals surface area (Å²) in [4.78, 5) is 24.6. The number of amides is 2. The van der Waals surface area contributed by atoms with Crippen LogP contribution >= 0.6 is 0 Å². The van der Waals surface area contributed by atoms with Gasteiger partial charge in [0.1, 0.15) is 6.04 Å². The highest BCUT2D eigenvalue weighted by Crippen LogP contribution is 2.06. The first-order chi connectivity index (χ1) is 8.56. The van der Waals surface area contributed by atoms with Gasteiger partial charge in [0.05, 0.1) is 13.2 Å². The molecule has 0 aliphatic rings. The maximum atomic E-state index is 12.0. The number of carbonyl (C=O) groups excluding carboxylic acids is 2. The number of hydrogen-bond acceptors (Lipinski definition) is 4. The van der Waals surface area contributed by atoms with Crippen molar-refractivity contribution in [2.45, 2.75) is 19.5 Å². The van der Waals surface area contributed by atoms with Gasteiger partial charge in [-0.05, 0) is 5.56 Å². The van der Waals surface area contributed by atoms with Gasteiger partial charge < -0.3 is 10.5 Å². The van der Waals surface area contributed by atoms with E-state index >= 15 is 0 Å². The molecule has 1 rings (SSSR count). The molecule has 0 heterocycles. The van der Waals surface area contributed by atoms with Crippen molar-refractivity contribution in [3.8, 4) is 0 Å². The Morgan fingerprint density at radius 3 is 2.44 bits per heavy atom. The van der Waals surface area contributed by atoms with E-state index in [1.54, 1.807) is 0 Å². The lowest BCUT2D eigenvalue weighted by Gasteiger charge is -2.22. The summed E-state index contributed by atoms with van der Waals surface area (Å²) in [6.45, 7) is 1.67. The van der Waals surface area contributed by atoms with Gasteiger partial charge in [0, 0.05) is 14.0 Å². The number of carbonyl (C=O) groups is 2. The van der Waals surface area contributed by atoms with E-state index in [1.165, 1.54) is 14.0 Å². The van der Waals surface area contributed by atoms with Crippen LogP contribution in [0.2, 0.25) is 0 Å². The van der Waals surface area contributed by atoms with Crippen LogP contribution in [0.25, 0.3) is 0 Å². The van der Waals surface area contributed by atoms with Crippen LogP contribution in [0.15, 0.2) is 30.3 Å². The second kappa shape index (κ2) is 6.88. The van der Waals surface area contributed by atoms with Crippen molar-refractivity contribution in [3.63, 3.8) is 0 Å². The molecule has 0 fully saturated rings. The summed E-state index contributed by atoms with van der Waals surface area (Å²) in [6.07, 6.45) is 0. The Morgan fingerprint density at radius 2 is 1.94 bits per heavy atom. The van der Waals surface area contributed by atoms with Gasteiger partial charge in [-0.2, -0.15) is 0 Å². The zero-order valence-corrected chi connectivity index (χ0v) is 10.6. The number of nitrogens with two attached hydrogens (primary N) is 1. The molecule has 1 aromatic carbocycles. The molecule has 0 aliphatic heterocycles. The predicted octanol–water partition coefficient (Wildman–Crippen LogP) is 0.535. The Hall–Kier alpha value is -1.72. The van der Waals surface area contributed by atoms with Crippen LogP contribution < -0.4 is 5.73 Å². The van der Waals surface area contributed by atoms with Crippen LogP contribution in [0.1, 0.15) is 12.5 Å². The Balaban J connectivity index is 2.77. The first-order valence-corrected chi connectivity index (χ1v) is 5.66. The van der Waals surface area contributed by atoms with Crippen molar-refractivity contribution >= 4 is 11.8 Å². The Morgan fingerprint density at radius 1 is 1.33 bits per heavy atom. The molecule has 0 aromatic heterocycles. The molecule has 0 saturated carbocycles. The fourth-order valence-electron chi connectivity index (χ4n) is 1.56. The fourth-order valence-corrected chi connectivity index (χ4v) is 1.56. The van der Waals surface area contributed by atoms with E-state index in [0.29, 0.717) is 0 Å². The summed E-state index contributed by atoms with van der Waals surface area (Å²) in [5.74, 6) is -0.747. The van der Waals surface area contributed by atoms with Crippen molar-refractivity contribution < 1.29 is 14.3 Å². The topological polar surface area (TPSA) is 72.6 Å². The van der Waals surface area contributed by atoms with Crippen molar-refractivity contribution in [1.29, 1.82) is 0 Å². The average Bonchev–Trinajstić information content (AvgIpc) is 2.36. The van der Waals surface area contributed by atoms with Gasteiger partial charge in [-0.3, -0.25) is 14.5 Å². The number of nitrogens with zero attached hydrogens (tertiary/aromatic N) is 1. The molecule has 0 aliphatic carbocycles. The van der Waals surface area contributed by atoms with Gasteiger partial charge in [0.25, 0.3) is 0 Å². The quantitative estimate of drug-likeness (QED) is 0.827. The number of ether oxygens (including phenoxy) is 1. The van der Waals surface area contributed by atoms with Crippen molar-refractivity contribution in [2.75, 3.05) is 13.7 Å². The number of hydrogen-bond donors (Lipinski definition) is 1. The zero-order valence-electron chi connectivity index (χ0n) is 10.6. The minimum atomic E-state index is -0.817. The van der Waals surface area contributed by atoms with E-state index in [9.17, 15) is 9.59 Å². The molecule has 98 valence electrons. The highest BCUT2D eigenvalue weighted by Gasteiger charge is 2.24. The maximum Gasteiger partial charge on any atom is 0.248 e. The summed E-state index contributed by atoms with van der Waals surface area (Å²) in [5, 5.41) is 0. The van der Waals surface area contributed by atoms with Gasteiger partial charge in [0.2, 0.25) is 11.8 Å². The van der Waals surface area contributed by atoms with Crippen LogP contribution in [-0.2, 0) is 20.9 Å². The third kappa shape index (κ3) is 3.94. The van der Waals surface area contributed by atoms with Gasteiger partial charge >= 0.3 is 0 Å². The molecule has 0 unspecified atom stereocenters. The molecule has 1 aromatic rings. The Kier molecular flexibility index (Phi) is 5.48. The number of methoxy groups -OCH3 is 1. The summed E-state index contributed by atoms with van der Waals surface area (Å²) < 4.78 is 4.82. The average molecular weight is 250 g/mol. The van der Waals surface area contributed by atoms with Crippen LogP contribution in [-0.4, -0.2) is 36.5 Å². The molecular formula is C13H18N2O3. The van der Waals surface area contributed by atoms with E-state index in [0.717, 1.165) is 10.5 Å². The van der Waals surface area contributed by atoms with E-state index in [4.69, 9.17) is 10.5 Å². The van der Waals surface area contributed by atoms with E-state index in [1.807, 2.05) is 30.3 Å². The molecular weight excluding hydrogens is 232 g/mol. The summed E-state index contributed by atoms with van der Waals surface area (Å²) >= 11 is 0. The number of rotatable bonds is 5. The lowest BCUT2D eigenvalue weighted by Crippen LogP contribution is -2.47. The molecule has 5 heteroatoms. The largest absolute Gasteiger partial charge is 0.383 e. The minimum absolute atomic E-state index is 0.0946. The molecule has 2 amide bonds. The second-order valence-corrected chi connectivity index (χ2v) is 3.99. The van der Waals surface area contributed by atoms with Gasteiger partial charge in [-0.1, -0.05) is 30.3 Å². The lowest BCUT2D eigenvalue weighted by molar-refractivity contribution is -0.145. The lowest BCUT2D eigenvalue weighted by atomic mass is 10.2. The molecule has 0 spiro atoms. The molecule has 0 radical (unpaired) electrons. The van der Waals surface area contributed by atoms with E-state index in [-0.39, 0.29) is 19.1 Å². The van der Waals surface area contributed by atoms with Crippen LogP contribution in [0.4, 0.5) is 0 Å². The van der Waals surface area contributed by atoms with Gasteiger partial charge in [0.15, 0.2) is 0 Å². The monoisotopic (exact) mass is 250 g/mol. The third-order valence-corrected chi connectivity index (χ3v) is 2.49. The Bertz CT molecular complexity index is 406. The smallest absolute Gasteiger partial charge is 0.248 e. The molecule has 1 atom stereocenters. The van der Waals surface area contributed by atoms with Crippen LogP contribution in [0.3, 0.4) is 0 Å². The first kappa shape index (κ1) is 14.3. The highest BCUT2D eigenvalue weighted by atomic mass is 16.5. The molecule has 5 nitrogen and oxygen atoms in total. The molecule has 0 saturated heterocycles. The van der Waals surface area contributed by atoms with Crippen LogP contribution in [0, 0.1) is 0 Å². The van der Waals surface area contributed by atoms with Crippen molar-refractivity contribution in [1.82, 2.24) is 4.90 Å². The highest BCUT2D eigenvalue weighted by molar-refractivity contribution is 5.96. The fraction of sp³-hybridized carbons (Fsp3) is 0.385. The van der Waals surface area contributed by atoms with Crippen molar-refractivity contribution in [3.05, 3.63) is 35.9 Å². The molecule has 18 heavy (non-hydrogen) atoms. The van der Waals surface area contributed by atoms with Crippen LogP contribution in [0.5, 0.6) is 0 Å². The minimum Gasteiger partial charge on any atom is -0.383 e. The predicted molar refractivity (Wildman–Crippen MR) is 67.5 cm³/mol. The summed E-state index contributed by atoms with van der Waals surface area (Å²) in [5.41, 5.74) is 6.53. The molecule has 0 bridgehead atoms. The second-order valence-electron chi connectivity index (χ2n) is 3.99. The standard InChI is InChI=1S/C13H18N2O3/c1-10(16)15(13(17)12(14)9-18-2)8-11-6-4-3-5-7-11/h3-7,12H,8-9,14H2,1-2H3/t12-/m1/s1. The zero-order chi connectivity index (χ0) is 13.5. The van der Waals surface area contributed by atoms with Gasteiger partial charge in [-0.25, -0.2) is 0 Å². The SMILES string of the molecule is COC[C@@H](N)C(=O)N(Cc1ccccc1)C(C)=O. The number of benzene rings is 1. The number of imide groups is 1. The first-order valence-electron chi connectivity index (χ1n) is 5.66. The maximum absolute atomic E-state index is 12.0. The summed E-state index contributed by atoms with van der Waals surface area (Å²) in [7, 11) is 1.46. The third-order valence-electron chi connectivity index (χ3n) is 2.49.